The standard InChI is InChI=1S/C27H44O2/c1-18(2)29-25(28)14-9-19(3)22-12-13-23-21-11-10-20-8-6-7-16-26(20,4)24(21)15-17-27(22,23)5/h10,18-19,21-24H,6-9,11-17H2,1-5H3. The van der Waals surface area contributed by atoms with Crippen LogP contribution in [0.25, 0.3) is 0 Å². The van der Waals surface area contributed by atoms with Crippen LogP contribution in [0.5, 0.6) is 0 Å². The van der Waals surface area contributed by atoms with Crippen molar-refractivity contribution >= 4 is 5.97 Å². The molecule has 2 heteroatoms. The summed E-state index contributed by atoms with van der Waals surface area (Å²) in [6, 6.07) is 0. The topological polar surface area (TPSA) is 26.3 Å². The van der Waals surface area contributed by atoms with Crippen LogP contribution in [0, 0.1) is 40.4 Å². The Morgan fingerprint density at radius 2 is 1.90 bits per heavy atom. The summed E-state index contributed by atoms with van der Waals surface area (Å²) in [5.41, 5.74) is 2.81. The van der Waals surface area contributed by atoms with Crippen molar-refractivity contribution in [2.24, 2.45) is 40.4 Å². The molecule has 4 aliphatic carbocycles. The molecule has 4 rings (SSSR count). The minimum atomic E-state index is -0.00886. The Morgan fingerprint density at radius 3 is 2.66 bits per heavy atom. The molecule has 0 aromatic heterocycles. The molecule has 3 fully saturated rings. The van der Waals surface area contributed by atoms with Gasteiger partial charge in [0.2, 0.25) is 0 Å². The van der Waals surface area contributed by atoms with Gasteiger partial charge in [0, 0.05) is 6.42 Å². The normalized spacial score (nSPS) is 42.5. The highest BCUT2D eigenvalue weighted by Gasteiger charge is 2.58. The molecule has 0 radical (unpaired) electrons. The minimum absolute atomic E-state index is 0.00635. The van der Waals surface area contributed by atoms with Gasteiger partial charge in [-0.15, -0.1) is 0 Å². The van der Waals surface area contributed by atoms with Gasteiger partial charge in [-0.3, -0.25) is 4.79 Å². The summed E-state index contributed by atoms with van der Waals surface area (Å²) in [6.07, 6.45) is 16.9. The van der Waals surface area contributed by atoms with Gasteiger partial charge in [0.25, 0.3) is 0 Å². The molecule has 7 atom stereocenters. The summed E-state index contributed by atoms with van der Waals surface area (Å²) < 4.78 is 5.38. The lowest BCUT2D eigenvalue weighted by molar-refractivity contribution is -0.148. The summed E-state index contributed by atoms with van der Waals surface area (Å²) in [4.78, 5) is 12.1. The van der Waals surface area contributed by atoms with Gasteiger partial charge in [0.1, 0.15) is 0 Å². The van der Waals surface area contributed by atoms with E-state index in [1.807, 2.05) is 19.4 Å². The van der Waals surface area contributed by atoms with Gasteiger partial charge in [0.15, 0.2) is 0 Å². The first kappa shape index (κ1) is 21.4. The molecule has 0 saturated heterocycles. The lowest BCUT2D eigenvalue weighted by atomic mass is 9.47. The zero-order valence-electron chi connectivity index (χ0n) is 19.6. The van der Waals surface area contributed by atoms with E-state index in [0.717, 1.165) is 30.1 Å². The van der Waals surface area contributed by atoms with E-state index < -0.39 is 0 Å². The number of allylic oxidation sites excluding steroid dienone is 2. The van der Waals surface area contributed by atoms with Crippen LogP contribution in [-0.4, -0.2) is 12.1 Å². The maximum atomic E-state index is 12.1. The van der Waals surface area contributed by atoms with Crippen molar-refractivity contribution < 1.29 is 9.53 Å². The predicted molar refractivity (Wildman–Crippen MR) is 119 cm³/mol. The minimum Gasteiger partial charge on any atom is -0.463 e. The van der Waals surface area contributed by atoms with Gasteiger partial charge in [-0.1, -0.05) is 38.8 Å². The van der Waals surface area contributed by atoms with Gasteiger partial charge in [-0.25, -0.2) is 0 Å². The SMILES string of the molecule is CC(C)OC(=O)CCC(C)C1CCC2C3CC=C4CCCCC4(C)C3CCC12C. The van der Waals surface area contributed by atoms with Gasteiger partial charge in [-0.2, -0.15) is 0 Å². The Hall–Kier alpha value is -0.790. The fourth-order valence-corrected chi connectivity index (χ4v) is 8.54. The van der Waals surface area contributed by atoms with Gasteiger partial charge in [0.05, 0.1) is 6.10 Å². The molecule has 0 aliphatic heterocycles. The van der Waals surface area contributed by atoms with Gasteiger partial charge >= 0.3 is 5.97 Å². The molecule has 0 amide bonds. The van der Waals surface area contributed by atoms with E-state index in [2.05, 4.69) is 26.8 Å². The molecule has 0 spiro atoms. The lowest BCUT2D eigenvalue weighted by Crippen LogP contribution is -2.50. The molecule has 0 aromatic rings. The van der Waals surface area contributed by atoms with Crippen molar-refractivity contribution in [1.82, 2.24) is 0 Å². The summed E-state index contributed by atoms with van der Waals surface area (Å²) in [7, 11) is 0. The van der Waals surface area contributed by atoms with E-state index in [4.69, 9.17) is 4.74 Å². The lowest BCUT2D eigenvalue weighted by Gasteiger charge is -2.58. The van der Waals surface area contributed by atoms with E-state index in [0.29, 0.717) is 23.2 Å². The van der Waals surface area contributed by atoms with Crippen molar-refractivity contribution in [2.75, 3.05) is 0 Å². The predicted octanol–water partition coefficient (Wildman–Crippen LogP) is 7.32. The molecule has 0 bridgehead atoms. The third kappa shape index (κ3) is 3.72. The van der Waals surface area contributed by atoms with Crippen LogP contribution in [0.2, 0.25) is 0 Å². The molecular formula is C27H44O2. The maximum Gasteiger partial charge on any atom is 0.306 e. The number of fused-ring (bicyclic) bond motifs is 5. The largest absolute Gasteiger partial charge is 0.463 e. The Kier molecular flexibility index (Phi) is 5.95. The molecule has 4 aliphatic rings. The zero-order chi connectivity index (χ0) is 20.8. The molecule has 164 valence electrons. The van der Waals surface area contributed by atoms with Crippen LogP contribution in [0.15, 0.2) is 11.6 Å². The van der Waals surface area contributed by atoms with Crippen LogP contribution < -0.4 is 0 Å². The summed E-state index contributed by atoms with van der Waals surface area (Å²) >= 11 is 0. The molecule has 2 nitrogen and oxygen atoms in total. The zero-order valence-corrected chi connectivity index (χ0v) is 19.6. The van der Waals surface area contributed by atoms with Gasteiger partial charge < -0.3 is 4.74 Å². The summed E-state index contributed by atoms with van der Waals surface area (Å²) in [5.74, 6) is 4.13. The Morgan fingerprint density at radius 1 is 1.10 bits per heavy atom. The maximum absolute atomic E-state index is 12.1. The highest BCUT2D eigenvalue weighted by Crippen LogP contribution is 2.67. The molecule has 3 saturated carbocycles. The summed E-state index contributed by atoms with van der Waals surface area (Å²) in [5, 5.41) is 0. The second-order valence-corrected chi connectivity index (χ2v) is 11.7. The first-order chi connectivity index (χ1) is 13.8. The molecule has 0 aromatic carbocycles. The number of hydrogen-bond donors (Lipinski definition) is 0. The van der Waals surface area contributed by atoms with E-state index >= 15 is 0 Å². The Balaban J connectivity index is 1.45. The van der Waals surface area contributed by atoms with Crippen molar-refractivity contribution in [3.63, 3.8) is 0 Å². The average molecular weight is 401 g/mol. The smallest absolute Gasteiger partial charge is 0.306 e. The van der Waals surface area contributed by atoms with Crippen molar-refractivity contribution in [3.05, 3.63) is 11.6 Å². The first-order valence-electron chi connectivity index (χ1n) is 12.6. The second-order valence-electron chi connectivity index (χ2n) is 11.7. The Labute approximate surface area is 179 Å². The number of carbonyl (C=O) groups is 1. The molecule has 7 unspecified atom stereocenters. The third-order valence-corrected chi connectivity index (χ3v) is 9.95. The highest BCUT2D eigenvalue weighted by atomic mass is 16.5. The van der Waals surface area contributed by atoms with Crippen molar-refractivity contribution in [2.45, 2.75) is 111 Å². The third-order valence-electron chi connectivity index (χ3n) is 9.95. The number of ether oxygens (including phenoxy) is 1. The van der Waals surface area contributed by atoms with E-state index in [9.17, 15) is 4.79 Å². The quantitative estimate of drug-likeness (QED) is 0.357. The molecule has 0 N–H and O–H groups in total. The average Bonchev–Trinajstić information content (AvgIpc) is 3.02. The van der Waals surface area contributed by atoms with E-state index in [1.54, 1.807) is 0 Å². The fraction of sp³-hybridized carbons (Fsp3) is 0.889. The van der Waals surface area contributed by atoms with Crippen LogP contribution in [0.4, 0.5) is 0 Å². The second kappa shape index (κ2) is 8.04. The number of rotatable bonds is 5. The van der Waals surface area contributed by atoms with E-state index in [1.165, 1.54) is 57.8 Å². The molecular weight excluding hydrogens is 356 g/mol. The van der Waals surface area contributed by atoms with Gasteiger partial charge in [-0.05, 0) is 112 Å². The monoisotopic (exact) mass is 400 g/mol. The molecule has 0 heterocycles. The fourth-order valence-electron chi connectivity index (χ4n) is 8.54. The van der Waals surface area contributed by atoms with Crippen LogP contribution >= 0.6 is 0 Å². The van der Waals surface area contributed by atoms with Crippen LogP contribution in [0.1, 0.15) is 105 Å². The van der Waals surface area contributed by atoms with E-state index in [-0.39, 0.29) is 12.1 Å². The van der Waals surface area contributed by atoms with Crippen LogP contribution in [-0.2, 0) is 9.53 Å². The van der Waals surface area contributed by atoms with Crippen molar-refractivity contribution in [1.29, 1.82) is 0 Å². The van der Waals surface area contributed by atoms with Crippen LogP contribution in [0.3, 0.4) is 0 Å². The molecule has 29 heavy (non-hydrogen) atoms. The summed E-state index contributed by atoms with van der Waals surface area (Å²) in [6.45, 7) is 11.5. The first-order valence-corrected chi connectivity index (χ1v) is 12.6. The number of hydrogen-bond acceptors (Lipinski definition) is 2. The Bertz CT molecular complexity index is 649. The number of esters is 1. The number of carbonyl (C=O) groups excluding carboxylic acids is 1. The van der Waals surface area contributed by atoms with Crippen molar-refractivity contribution in [3.8, 4) is 0 Å². The highest BCUT2D eigenvalue weighted by molar-refractivity contribution is 5.69.